The number of hydrogen-bond donors (Lipinski definition) is 0. The highest BCUT2D eigenvalue weighted by atomic mass is 16.5. The van der Waals surface area contributed by atoms with Crippen molar-refractivity contribution in [3.05, 3.63) is 0 Å². The number of ether oxygens (including phenoxy) is 1. The summed E-state index contributed by atoms with van der Waals surface area (Å²) in [4.78, 5) is 12.7. The molecule has 0 aliphatic rings. The summed E-state index contributed by atoms with van der Waals surface area (Å²) in [6.45, 7) is 3.38. The summed E-state index contributed by atoms with van der Waals surface area (Å²) in [5, 5.41) is 0. The Balaban J connectivity index is 3.11. The van der Waals surface area contributed by atoms with Crippen molar-refractivity contribution in [2.45, 2.75) is 32.6 Å². The molecule has 0 fully saturated rings. The average molecular weight is 187 g/mol. The van der Waals surface area contributed by atoms with Crippen molar-refractivity contribution >= 4 is 5.78 Å². The van der Waals surface area contributed by atoms with Crippen molar-refractivity contribution in [1.29, 1.82) is 0 Å². The SMILES string of the molecule is COCN(C)CCCCCC(C)=O. The van der Waals surface area contributed by atoms with Crippen LogP contribution in [0.25, 0.3) is 0 Å². The Morgan fingerprint density at radius 1 is 1.31 bits per heavy atom. The Hall–Kier alpha value is -0.410. The number of hydrogen-bond acceptors (Lipinski definition) is 3. The average Bonchev–Trinajstić information content (AvgIpc) is 2.03. The molecule has 0 aliphatic carbocycles. The highest BCUT2D eigenvalue weighted by Crippen LogP contribution is 2.01. The van der Waals surface area contributed by atoms with Gasteiger partial charge in [0.2, 0.25) is 0 Å². The molecule has 78 valence electrons. The van der Waals surface area contributed by atoms with Gasteiger partial charge in [-0.15, -0.1) is 0 Å². The maximum atomic E-state index is 10.6. The van der Waals surface area contributed by atoms with Gasteiger partial charge in [0, 0.05) is 13.5 Å². The Bertz CT molecular complexity index is 137. The molecule has 0 aliphatic heterocycles. The van der Waals surface area contributed by atoms with Crippen LogP contribution in [0.15, 0.2) is 0 Å². The van der Waals surface area contributed by atoms with E-state index in [4.69, 9.17) is 4.74 Å². The van der Waals surface area contributed by atoms with E-state index in [2.05, 4.69) is 4.90 Å². The predicted molar refractivity (Wildman–Crippen MR) is 53.7 cm³/mol. The molecule has 0 saturated carbocycles. The molecular formula is C10H21NO2. The van der Waals surface area contributed by atoms with Crippen molar-refractivity contribution < 1.29 is 9.53 Å². The number of nitrogens with zero attached hydrogens (tertiary/aromatic N) is 1. The third-order valence-corrected chi connectivity index (χ3v) is 1.92. The third kappa shape index (κ3) is 9.50. The van der Waals surface area contributed by atoms with Crippen molar-refractivity contribution in [3.8, 4) is 0 Å². The molecule has 0 bridgehead atoms. The lowest BCUT2D eigenvalue weighted by Gasteiger charge is -2.14. The first kappa shape index (κ1) is 12.6. The number of rotatable bonds is 8. The van der Waals surface area contributed by atoms with Crippen LogP contribution in [0, 0.1) is 0 Å². The smallest absolute Gasteiger partial charge is 0.129 e. The fourth-order valence-corrected chi connectivity index (χ4v) is 1.22. The van der Waals surface area contributed by atoms with Gasteiger partial charge in [0.15, 0.2) is 0 Å². The second kappa shape index (κ2) is 8.20. The summed E-state index contributed by atoms with van der Waals surface area (Å²) >= 11 is 0. The van der Waals surface area contributed by atoms with Gasteiger partial charge in [-0.2, -0.15) is 0 Å². The summed E-state index contributed by atoms with van der Waals surface area (Å²) in [5.41, 5.74) is 0. The molecule has 0 aromatic carbocycles. The molecule has 0 radical (unpaired) electrons. The van der Waals surface area contributed by atoms with Gasteiger partial charge in [-0.05, 0) is 33.4 Å². The second-order valence-electron chi connectivity index (χ2n) is 3.51. The van der Waals surface area contributed by atoms with Gasteiger partial charge < -0.3 is 9.53 Å². The van der Waals surface area contributed by atoms with Crippen LogP contribution in [0.4, 0.5) is 0 Å². The maximum Gasteiger partial charge on any atom is 0.129 e. The van der Waals surface area contributed by atoms with E-state index in [0.29, 0.717) is 12.5 Å². The summed E-state index contributed by atoms with van der Waals surface area (Å²) in [7, 11) is 3.74. The van der Waals surface area contributed by atoms with Crippen LogP contribution in [0.1, 0.15) is 32.6 Å². The standard InChI is InChI=1S/C10H21NO2/c1-10(12)7-5-4-6-8-11(2)9-13-3/h4-9H2,1-3H3. The molecule has 0 spiro atoms. The van der Waals surface area contributed by atoms with Gasteiger partial charge in [-0.1, -0.05) is 6.42 Å². The number of Topliss-reactive ketones (excluding diaryl/α,β-unsaturated/α-hetero) is 1. The van der Waals surface area contributed by atoms with Crippen LogP contribution in [0.5, 0.6) is 0 Å². The molecule has 0 heterocycles. The van der Waals surface area contributed by atoms with Gasteiger partial charge in [0.1, 0.15) is 5.78 Å². The normalized spacial score (nSPS) is 10.8. The van der Waals surface area contributed by atoms with Crippen LogP contribution >= 0.6 is 0 Å². The minimum atomic E-state index is 0.297. The fraction of sp³-hybridized carbons (Fsp3) is 0.900. The fourth-order valence-electron chi connectivity index (χ4n) is 1.22. The van der Waals surface area contributed by atoms with Gasteiger partial charge >= 0.3 is 0 Å². The number of carbonyl (C=O) groups is 1. The molecule has 0 amide bonds. The largest absolute Gasteiger partial charge is 0.369 e. The number of unbranched alkanes of at least 4 members (excludes halogenated alkanes) is 2. The Morgan fingerprint density at radius 3 is 2.54 bits per heavy atom. The summed E-state index contributed by atoms with van der Waals surface area (Å²) in [6, 6.07) is 0. The van der Waals surface area contributed by atoms with E-state index in [1.807, 2.05) is 7.05 Å². The molecule has 0 N–H and O–H groups in total. The van der Waals surface area contributed by atoms with Crippen LogP contribution < -0.4 is 0 Å². The molecule has 0 aromatic rings. The molecule has 0 saturated heterocycles. The summed E-state index contributed by atoms with van der Waals surface area (Å²) in [6.07, 6.45) is 4.03. The highest BCUT2D eigenvalue weighted by molar-refractivity contribution is 5.75. The lowest BCUT2D eigenvalue weighted by atomic mass is 10.1. The second-order valence-corrected chi connectivity index (χ2v) is 3.51. The Labute approximate surface area is 81.1 Å². The molecule has 3 heteroatoms. The van der Waals surface area contributed by atoms with Gasteiger partial charge in [0.05, 0.1) is 6.73 Å². The minimum absolute atomic E-state index is 0.297. The molecule has 0 unspecified atom stereocenters. The van der Waals surface area contributed by atoms with Crippen molar-refractivity contribution in [3.63, 3.8) is 0 Å². The first-order valence-electron chi connectivity index (χ1n) is 4.83. The topological polar surface area (TPSA) is 29.5 Å². The summed E-state index contributed by atoms with van der Waals surface area (Å²) in [5.74, 6) is 0.297. The predicted octanol–water partition coefficient (Wildman–Crippen LogP) is 1.67. The van der Waals surface area contributed by atoms with Crippen molar-refractivity contribution in [2.75, 3.05) is 27.4 Å². The molecular weight excluding hydrogens is 166 g/mol. The molecule has 0 aromatic heterocycles. The van der Waals surface area contributed by atoms with E-state index in [-0.39, 0.29) is 0 Å². The highest BCUT2D eigenvalue weighted by Gasteiger charge is 1.97. The zero-order chi connectivity index (χ0) is 10.1. The van der Waals surface area contributed by atoms with Crippen molar-refractivity contribution in [1.82, 2.24) is 4.90 Å². The molecule has 0 atom stereocenters. The number of carbonyl (C=O) groups excluding carboxylic acids is 1. The minimum Gasteiger partial charge on any atom is -0.369 e. The third-order valence-electron chi connectivity index (χ3n) is 1.92. The van der Waals surface area contributed by atoms with E-state index in [9.17, 15) is 4.79 Å². The Morgan fingerprint density at radius 2 is 2.00 bits per heavy atom. The summed E-state index contributed by atoms with van der Waals surface area (Å²) < 4.78 is 4.97. The van der Waals surface area contributed by atoms with Gasteiger partial charge in [-0.3, -0.25) is 4.90 Å². The first-order chi connectivity index (χ1) is 6.16. The van der Waals surface area contributed by atoms with Crippen LogP contribution in [-0.2, 0) is 9.53 Å². The Kier molecular flexibility index (Phi) is 7.94. The van der Waals surface area contributed by atoms with Crippen LogP contribution in [0.3, 0.4) is 0 Å². The van der Waals surface area contributed by atoms with E-state index < -0.39 is 0 Å². The van der Waals surface area contributed by atoms with Crippen LogP contribution in [0.2, 0.25) is 0 Å². The zero-order valence-electron chi connectivity index (χ0n) is 9.01. The lowest BCUT2D eigenvalue weighted by Crippen LogP contribution is -2.21. The lowest BCUT2D eigenvalue weighted by molar-refractivity contribution is -0.117. The number of methoxy groups -OCH3 is 1. The van der Waals surface area contributed by atoms with E-state index in [0.717, 1.165) is 32.2 Å². The maximum absolute atomic E-state index is 10.6. The monoisotopic (exact) mass is 187 g/mol. The van der Waals surface area contributed by atoms with E-state index in [1.165, 1.54) is 0 Å². The van der Waals surface area contributed by atoms with Gasteiger partial charge in [-0.25, -0.2) is 0 Å². The molecule has 13 heavy (non-hydrogen) atoms. The first-order valence-corrected chi connectivity index (χ1v) is 4.83. The van der Waals surface area contributed by atoms with Crippen molar-refractivity contribution in [2.24, 2.45) is 0 Å². The number of ketones is 1. The van der Waals surface area contributed by atoms with E-state index in [1.54, 1.807) is 14.0 Å². The van der Waals surface area contributed by atoms with E-state index >= 15 is 0 Å². The zero-order valence-corrected chi connectivity index (χ0v) is 9.01. The quantitative estimate of drug-likeness (QED) is 0.427. The van der Waals surface area contributed by atoms with Crippen LogP contribution in [-0.4, -0.2) is 38.1 Å². The molecule has 0 rings (SSSR count). The van der Waals surface area contributed by atoms with Gasteiger partial charge in [0.25, 0.3) is 0 Å². The molecule has 3 nitrogen and oxygen atoms in total.